The van der Waals surface area contributed by atoms with Gasteiger partial charge in [-0.1, -0.05) is 41.4 Å². The quantitative estimate of drug-likeness (QED) is 0.869. The van der Waals surface area contributed by atoms with E-state index >= 15 is 0 Å². The van der Waals surface area contributed by atoms with Crippen molar-refractivity contribution in [1.82, 2.24) is 0 Å². The first-order valence-electron chi connectivity index (χ1n) is 5.86. The van der Waals surface area contributed by atoms with Crippen LogP contribution < -0.4 is 0 Å². The molecule has 0 amide bonds. The third kappa shape index (κ3) is 3.27. The largest absolute Gasteiger partial charge is 0.388 e. The number of halogens is 3. The summed E-state index contributed by atoms with van der Waals surface area (Å²) in [5.41, 5.74) is 2.17. The number of aliphatic hydroxyl groups is 1. The molecule has 0 saturated carbocycles. The van der Waals surface area contributed by atoms with E-state index in [1.165, 1.54) is 12.1 Å². The average Bonchev–Trinajstić information content (AvgIpc) is 2.34. The minimum absolute atomic E-state index is 0.311. The number of hydrogen-bond acceptors (Lipinski definition) is 1. The number of aryl methyl sites for hydroxylation is 1. The third-order valence-electron chi connectivity index (χ3n) is 3.04. The smallest absolute Gasteiger partial charge is 0.123 e. The Bertz CT molecular complexity index is 599. The van der Waals surface area contributed by atoms with Gasteiger partial charge in [0.15, 0.2) is 0 Å². The highest BCUT2D eigenvalue weighted by Gasteiger charge is 2.14. The van der Waals surface area contributed by atoms with Crippen molar-refractivity contribution in [3.8, 4) is 0 Å². The molecule has 0 aliphatic rings. The van der Waals surface area contributed by atoms with Crippen molar-refractivity contribution in [3.05, 3.63) is 69.0 Å². The lowest BCUT2D eigenvalue weighted by molar-refractivity contribution is 0.177. The molecule has 2 aromatic rings. The highest BCUT2D eigenvalue weighted by molar-refractivity contribution is 6.42. The van der Waals surface area contributed by atoms with Crippen LogP contribution in [-0.2, 0) is 6.42 Å². The molecular formula is C15H13Cl2FO. The minimum atomic E-state index is -0.739. The fourth-order valence-electron chi connectivity index (χ4n) is 2.04. The van der Waals surface area contributed by atoms with E-state index in [9.17, 15) is 9.50 Å². The van der Waals surface area contributed by atoms with E-state index < -0.39 is 6.10 Å². The van der Waals surface area contributed by atoms with Gasteiger partial charge in [-0.15, -0.1) is 0 Å². The molecule has 0 heterocycles. The van der Waals surface area contributed by atoms with Gasteiger partial charge in [0, 0.05) is 6.42 Å². The van der Waals surface area contributed by atoms with Crippen LogP contribution in [0.4, 0.5) is 4.39 Å². The Kier molecular flexibility index (Phi) is 4.46. The van der Waals surface area contributed by atoms with Gasteiger partial charge >= 0.3 is 0 Å². The molecule has 0 fully saturated rings. The van der Waals surface area contributed by atoms with Gasteiger partial charge in [0.05, 0.1) is 16.1 Å². The molecule has 0 aromatic heterocycles. The van der Waals surface area contributed by atoms with Crippen LogP contribution in [0.3, 0.4) is 0 Å². The van der Waals surface area contributed by atoms with E-state index in [1.807, 2.05) is 6.07 Å². The number of benzene rings is 2. The van der Waals surface area contributed by atoms with Gasteiger partial charge in [-0.25, -0.2) is 4.39 Å². The number of aliphatic hydroxyl groups excluding tert-OH is 1. The third-order valence-corrected chi connectivity index (χ3v) is 3.89. The van der Waals surface area contributed by atoms with Crippen LogP contribution in [0.5, 0.6) is 0 Å². The summed E-state index contributed by atoms with van der Waals surface area (Å²) in [6, 6.07) is 9.63. The van der Waals surface area contributed by atoms with Gasteiger partial charge in [-0.2, -0.15) is 0 Å². The normalized spacial score (nSPS) is 12.5. The van der Waals surface area contributed by atoms with Crippen LogP contribution in [-0.4, -0.2) is 5.11 Å². The molecule has 0 bridgehead atoms. The van der Waals surface area contributed by atoms with E-state index in [1.54, 1.807) is 25.1 Å². The van der Waals surface area contributed by atoms with Gasteiger partial charge < -0.3 is 5.11 Å². The average molecular weight is 299 g/mol. The van der Waals surface area contributed by atoms with E-state index in [2.05, 4.69) is 0 Å². The Morgan fingerprint density at radius 1 is 1.21 bits per heavy atom. The molecule has 1 unspecified atom stereocenters. The Hall–Kier alpha value is -1.09. The maximum Gasteiger partial charge on any atom is 0.123 e. The van der Waals surface area contributed by atoms with E-state index in [4.69, 9.17) is 23.2 Å². The van der Waals surface area contributed by atoms with Crippen molar-refractivity contribution in [2.24, 2.45) is 0 Å². The zero-order chi connectivity index (χ0) is 14.0. The lowest BCUT2D eigenvalue weighted by Gasteiger charge is -2.15. The van der Waals surface area contributed by atoms with Crippen LogP contribution in [0.25, 0.3) is 0 Å². The van der Waals surface area contributed by atoms with Crippen LogP contribution in [0.2, 0.25) is 10.0 Å². The Balaban J connectivity index is 2.25. The molecule has 0 aliphatic carbocycles. The summed E-state index contributed by atoms with van der Waals surface area (Å²) in [5, 5.41) is 11.1. The molecule has 0 spiro atoms. The fraction of sp³-hybridized carbons (Fsp3) is 0.200. The topological polar surface area (TPSA) is 20.2 Å². The standard InChI is InChI=1S/C15H13Cl2FO/c1-9-7-11(18)5-6-12(9)14(19)8-10-3-2-4-13(16)15(10)17/h2-7,14,19H,8H2,1H3. The monoisotopic (exact) mass is 298 g/mol. The molecule has 1 atom stereocenters. The summed E-state index contributed by atoms with van der Waals surface area (Å²) in [6.45, 7) is 1.77. The van der Waals surface area contributed by atoms with Gasteiger partial charge in [0.25, 0.3) is 0 Å². The van der Waals surface area contributed by atoms with Crippen molar-refractivity contribution in [1.29, 1.82) is 0 Å². The predicted octanol–water partition coefficient (Wildman–Crippen LogP) is 4.72. The lowest BCUT2D eigenvalue weighted by Crippen LogP contribution is -2.04. The molecule has 1 nitrogen and oxygen atoms in total. The summed E-state index contributed by atoms with van der Waals surface area (Å²) >= 11 is 12.0. The van der Waals surface area contributed by atoms with E-state index in [-0.39, 0.29) is 5.82 Å². The zero-order valence-corrected chi connectivity index (χ0v) is 11.8. The second kappa shape index (κ2) is 5.91. The SMILES string of the molecule is Cc1cc(F)ccc1C(O)Cc1cccc(Cl)c1Cl. The van der Waals surface area contributed by atoms with Crippen molar-refractivity contribution >= 4 is 23.2 Å². The molecular weight excluding hydrogens is 286 g/mol. The molecule has 1 N–H and O–H groups in total. The van der Waals surface area contributed by atoms with Crippen LogP contribution in [0, 0.1) is 12.7 Å². The Morgan fingerprint density at radius 2 is 1.95 bits per heavy atom. The molecule has 100 valence electrons. The zero-order valence-electron chi connectivity index (χ0n) is 10.3. The summed E-state index contributed by atoms with van der Waals surface area (Å²) in [4.78, 5) is 0. The fourth-order valence-corrected chi connectivity index (χ4v) is 2.43. The first kappa shape index (κ1) is 14.3. The molecule has 4 heteroatoms. The van der Waals surface area contributed by atoms with Crippen molar-refractivity contribution < 1.29 is 9.50 Å². The maximum atomic E-state index is 13.0. The highest BCUT2D eigenvalue weighted by atomic mass is 35.5. The number of rotatable bonds is 3. The second-order valence-electron chi connectivity index (χ2n) is 4.43. The molecule has 2 rings (SSSR count). The van der Waals surface area contributed by atoms with Crippen LogP contribution in [0.15, 0.2) is 36.4 Å². The van der Waals surface area contributed by atoms with E-state index in [0.717, 1.165) is 5.56 Å². The molecule has 0 saturated heterocycles. The summed E-state index contributed by atoms with van der Waals surface area (Å²) < 4.78 is 13.0. The van der Waals surface area contributed by atoms with Crippen molar-refractivity contribution in [3.63, 3.8) is 0 Å². The Labute approximate surface area is 121 Å². The summed E-state index contributed by atoms with van der Waals surface area (Å²) in [6.07, 6.45) is -0.400. The van der Waals surface area contributed by atoms with Gasteiger partial charge in [-0.05, 0) is 41.8 Å². The first-order valence-corrected chi connectivity index (χ1v) is 6.61. The van der Waals surface area contributed by atoms with Crippen molar-refractivity contribution in [2.75, 3.05) is 0 Å². The van der Waals surface area contributed by atoms with Gasteiger partial charge in [0.2, 0.25) is 0 Å². The summed E-state index contributed by atoms with van der Waals surface area (Å²) in [5.74, 6) is -0.311. The second-order valence-corrected chi connectivity index (χ2v) is 5.22. The van der Waals surface area contributed by atoms with Crippen molar-refractivity contribution in [2.45, 2.75) is 19.4 Å². The van der Waals surface area contributed by atoms with Crippen LogP contribution >= 0.6 is 23.2 Å². The highest BCUT2D eigenvalue weighted by Crippen LogP contribution is 2.30. The molecule has 19 heavy (non-hydrogen) atoms. The van der Waals surface area contributed by atoms with E-state index in [0.29, 0.717) is 27.6 Å². The Morgan fingerprint density at radius 3 is 2.63 bits per heavy atom. The summed E-state index contributed by atoms with van der Waals surface area (Å²) in [7, 11) is 0. The molecule has 0 aliphatic heterocycles. The predicted molar refractivity (Wildman–Crippen MR) is 76.3 cm³/mol. The molecule has 2 aromatic carbocycles. The molecule has 0 radical (unpaired) electrons. The lowest BCUT2D eigenvalue weighted by atomic mass is 9.97. The first-order chi connectivity index (χ1) is 8.99. The van der Waals surface area contributed by atoms with Gasteiger partial charge in [-0.3, -0.25) is 0 Å². The van der Waals surface area contributed by atoms with Crippen LogP contribution in [0.1, 0.15) is 22.8 Å². The maximum absolute atomic E-state index is 13.0. The van der Waals surface area contributed by atoms with Gasteiger partial charge in [0.1, 0.15) is 5.82 Å². The number of hydrogen-bond donors (Lipinski definition) is 1. The minimum Gasteiger partial charge on any atom is -0.388 e.